The summed E-state index contributed by atoms with van der Waals surface area (Å²) in [6.45, 7) is 1.14. The average Bonchev–Trinajstić information content (AvgIpc) is 3.40. The van der Waals surface area contributed by atoms with E-state index in [2.05, 4.69) is 20.1 Å². The lowest BCUT2D eigenvalue weighted by Gasteiger charge is -2.49. The quantitative estimate of drug-likeness (QED) is 0.0324. The van der Waals surface area contributed by atoms with E-state index in [9.17, 15) is 11.1 Å². The van der Waals surface area contributed by atoms with Crippen LogP contribution < -0.4 is 0 Å². The highest BCUT2D eigenvalue weighted by Gasteiger charge is 2.53. The van der Waals surface area contributed by atoms with Gasteiger partial charge in [-0.3, -0.25) is 0 Å². The Morgan fingerprint density at radius 2 is 0.623 bits per heavy atom. The Labute approximate surface area is 402 Å². The van der Waals surface area contributed by atoms with Crippen molar-refractivity contribution < 1.29 is 42.6 Å². The minimum atomic E-state index is -1.24. The van der Waals surface area contributed by atoms with Crippen molar-refractivity contribution in [3.05, 3.63) is 236 Å². The van der Waals surface area contributed by atoms with Crippen LogP contribution in [0, 0.1) is 0 Å². The van der Waals surface area contributed by atoms with E-state index in [0.717, 1.165) is 33.4 Å². The molecule has 0 amide bonds. The number of rotatable bonds is 24. The van der Waals surface area contributed by atoms with Gasteiger partial charge in [-0.15, -0.1) is 0 Å². The predicted molar refractivity (Wildman–Crippen MR) is 257 cm³/mol. The first-order valence-electron chi connectivity index (χ1n) is 23.1. The fourth-order valence-corrected chi connectivity index (χ4v) is 8.34. The normalized spacial score (nSPS) is 24.4. The maximum Gasteiger partial charge on any atom is 0.189 e. The second kappa shape index (κ2) is 26.4. The van der Waals surface area contributed by atoms with Crippen LogP contribution in [0.15, 0.2) is 192 Å². The van der Waals surface area contributed by atoms with E-state index in [1.54, 1.807) is 0 Å². The standard InChI is InChI=1S/C54H56N6O9/c55-59-57-47-45(37-61-31-39-19-7-1-8-20-39)67-53(51(65-35-43-27-15-5-16-28-43)49(47)63-33-41-23-11-3-12-24-41)69-54-52(66-36-44-29-17-6-18-30-44)50(64-34-42-25-13-4-14-26-42)48(58-60-56)46(68-54)38-62-32-40-21-9-2-10-22-40/h1-30,45-54H,31-38H2/t45-,46-,47-,48-,49+,50+,51-,52-,53-,54-/m1/s1. The first-order valence-corrected chi connectivity index (χ1v) is 23.1. The fraction of sp³-hybridized carbons (Fsp3) is 0.333. The second-order valence-corrected chi connectivity index (χ2v) is 16.7. The van der Waals surface area contributed by atoms with Gasteiger partial charge in [-0.25, -0.2) is 0 Å². The van der Waals surface area contributed by atoms with Crippen LogP contribution in [0.4, 0.5) is 0 Å². The van der Waals surface area contributed by atoms with Gasteiger partial charge in [0.1, 0.15) is 24.4 Å². The largest absolute Gasteiger partial charge is 0.374 e. The molecule has 356 valence electrons. The molecule has 2 aliphatic heterocycles. The zero-order valence-electron chi connectivity index (χ0n) is 38.1. The topological polar surface area (TPSA) is 181 Å². The minimum Gasteiger partial charge on any atom is -0.374 e. The van der Waals surface area contributed by atoms with Gasteiger partial charge in [0.25, 0.3) is 0 Å². The summed E-state index contributed by atoms with van der Waals surface area (Å²) in [5, 5.41) is 8.58. The molecular formula is C54H56N6O9. The summed E-state index contributed by atoms with van der Waals surface area (Å²) in [5.41, 5.74) is 25.6. The highest BCUT2D eigenvalue weighted by molar-refractivity contribution is 5.18. The van der Waals surface area contributed by atoms with Gasteiger partial charge < -0.3 is 42.6 Å². The molecule has 10 atom stereocenters. The van der Waals surface area contributed by atoms with Gasteiger partial charge in [-0.2, -0.15) is 0 Å². The first kappa shape index (κ1) is 49.0. The lowest BCUT2D eigenvalue weighted by molar-refractivity contribution is -0.374. The smallest absolute Gasteiger partial charge is 0.189 e. The Bertz CT molecular complexity index is 2320. The molecule has 2 fully saturated rings. The summed E-state index contributed by atoms with van der Waals surface area (Å²) in [7, 11) is 0. The van der Waals surface area contributed by atoms with Gasteiger partial charge in [0.05, 0.1) is 77.1 Å². The summed E-state index contributed by atoms with van der Waals surface area (Å²) in [6.07, 6.45) is -8.13. The van der Waals surface area contributed by atoms with E-state index in [0.29, 0.717) is 0 Å². The average molecular weight is 933 g/mol. The molecule has 0 aromatic heterocycles. The third-order valence-electron chi connectivity index (χ3n) is 11.8. The van der Waals surface area contributed by atoms with E-state index in [1.165, 1.54) is 0 Å². The van der Waals surface area contributed by atoms with E-state index in [4.69, 9.17) is 42.6 Å². The Hall–Kier alpha value is -6.42. The maximum atomic E-state index is 10.1. The number of ether oxygens (including phenoxy) is 9. The molecule has 0 unspecified atom stereocenters. The molecule has 6 aromatic rings. The summed E-state index contributed by atoms with van der Waals surface area (Å²) >= 11 is 0. The monoisotopic (exact) mass is 932 g/mol. The van der Waals surface area contributed by atoms with Gasteiger partial charge in [0.15, 0.2) is 12.6 Å². The Kier molecular flexibility index (Phi) is 18.7. The number of azide groups is 2. The lowest BCUT2D eigenvalue weighted by Crippen LogP contribution is -2.64. The van der Waals surface area contributed by atoms with E-state index < -0.39 is 61.3 Å². The lowest BCUT2D eigenvalue weighted by atomic mass is 9.95. The van der Waals surface area contributed by atoms with Gasteiger partial charge in [0, 0.05) is 9.82 Å². The molecule has 2 aliphatic rings. The molecule has 2 saturated heterocycles. The van der Waals surface area contributed by atoms with Crippen LogP contribution in [0.1, 0.15) is 33.4 Å². The van der Waals surface area contributed by atoms with Crippen molar-refractivity contribution >= 4 is 0 Å². The number of nitrogens with zero attached hydrogens (tertiary/aromatic N) is 6. The highest BCUT2D eigenvalue weighted by Crippen LogP contribution is 2.36. The van der Waals surface area contributed by atoms with Crippen molar-refractivity contribution in [3.8, 4) is 0 Å². The summed E-state index contributed by atoms with van der Waals surface area (Å²) < 4.78 is 60.6. The number of benzene rings is 6. The van der Waals surface area contributed by atoms with Crippen molar-refractivity contribution in [3.63, 3.8) is 0 Å². The van der Waals surface area contributed by atoms with Gasteiger partial charge in [0.2, 0.25) is 0 Å². The molecule has 15 nitrogen and oxygen atoms in total. The van der Waals surface area contributed by atoms with Crippen LogP contribution >= 0.6 is 0 Å². The van der Waals surface area contributed by atoms with Crippen molar-refractivity contribution in [1.29, 1.82) is 0 Å². The predicted octanol–water partition coefficient (Wildman–Crippen LogP) is 10.6. The SMILES string of the molecule is [N-]=[N+]=N[C@H]1[C@H](OCc2ccccc2)[C@@H](OCc2ccccc2)[C@@H](O[C@H]2O[C@H](COCc3ccccc3)[C@@H](N=[N+]=[N-])[C@H](OCc3ccccc3)[C@H]2OCc2ccccc2)O[C@@H]1COCc1ccccc1. The van der Waals surface area contributed by atoms with Crippen molar-refractivity contribution in [2.24, 2.45) is 10.2 Å². The van der Waals surface area contributed by atoms with Crippen LogP contribution in [0.3, 0.4) is 0 Å². The Morgan fingerprint density at radius 1 is 0.362 bits per heavy atom. The number of hydrogen-bond acceptors (Lipinski definition) is 11. The molecule has 15 heteroatoms. The van der Waals surface area contributed by atoms with Gasteiger partial charge in [-0.1, -0.05) is 192 Å². The Balaban J connectivity index is 1.17. The molecule has 0 spiro atoms. The van der Waals surface area contributed by atoms with Crippen molar-refractivity contribution in [2.75, 3.05) is 13.2 Å². The molecule has 0 aliphatic carbocycles. The molecule has 6 aromatic carbocycles. The van der Waals surface area contributed by atoms with Gasteiger partial charge >= 0.3 is 0 Å². The zero-order chi connectivity index (χ0) is 47.3. The number of hydrogen-bond donors (Lipinski definition) is 0. The highest BCUT2D eigenvalue weighted by atomic mass is 16.8. The van der Waals surface area contributed by atoms with Crippen LogP contribution in [0.5, 0.6) is 0 Å². The van der Waals surface area contributed by atoms with Crippen molar-refractivity contribution in [1.82, 2.24) is 0 Å². The Morgan fingerprint density at radius 3 is 0.899 bits per heavy atom. The molecule has 0 saturated carbocycles. The van der Waals surface area contributed by atoms with Crippen LogP contribution in [-0.4, -0.2) is 74.5 Å². The van der Waals surface area contributed by atoms with E-state index in [1.807, 2.05) is 182 Å². The van der Waals surface area contributed by atoms with E-state index in [-0.39, 0.29) is 52.9 Å². The molecular weight excluding hydrogens is 877 g/mol. The van der Waals surface area contributed by atoms with Crippen LogP contribution in [-0.2, 0) is 82.3 Å². The van der Waals surface area contributed by atoms with Crippen molar-refractivity contribution in [2.45, 2.75) is 101 Å². The third-order valence-corrected chi connectivity index (χ3v) is 11.8. The van der Waals surface area contributed by atoms with Crippen LogP contribution in [0.25, 0.3) is 20.9 Å². The molecule has 0 N–H and O–H groups in total. The third kappa shape index (κ3) is 14.3. The van der Waals surface area contributed by atoms with Crippen LogP contribution in [0.2, 0.25) is 0 Å². The molecule has 0 radical (unpaired) electrons. The summed E-state index contributed by atoms with van der Waals surface area (Å²) in [5.74, 6) is 0. The second-order valence-electron chi connectivity index (χ2n) is 16.7. The molecule has 8 rings (SSSR count). The first-order chi connectivity index (χ1) is 34.1. The fourth-order valence-electron chi connectivity index (χ4n) is 8.34. The zero-order valence-corrected chi connectivity index (χ0v) is 38.1. The minimum absolute atomic E-state index is 0.00617. The van der Waals surface area contributed by atoms with E-state index >= 15 is 0 Å². The molecule has 69 heavy (non-hydrogen) atoms. The maximum absolute atomic E-state index is 10.1. The summed E-state index contributed by atoms with van der Waals surface area (Å²) in [6, 6.07) is 56.4. The molecule has 2 heterocycles. The van der Waals surface area contributed by atoms with Gasteiger partial charge in [-0.05, 0) is 44.4 Å². The summed E-state index contributed by atoms with van der Waals surface area (Å²) in [4.78, 5) is 6.56. The molecule has 0 bridgehead atoms.